The lowest BCUT2D eigenvalue weighted by molar-refractivity contribution is 0.114. The number of nitrogens with one attached hydrogen (secondary N) is 1. The molecule has 3 unspecified atom stereocenters. The maximum absolute atomic E-state index is 3.72. The Morgan fingerprint density at radius 3 is 2.88 bits per heavy atom. The van der Waals surface area contributed by atoms with E-state index in [4.69, 9.17) is 0 Å². The SMILES string of the molecule is CCCC1CCCCN1CC1CC(C)CCN1. The number of nitrogens with zero attached hydrogens (tertiary/aromatic N) is 1. The lowest BCUT2D eigenvalue weighted by Gasteiger charge is -2.40. The van der Waals surface area contributed by atoms with Crippen molar-refractivity contribution in [1.82, 2.24) is 10.2 Å². The Bertz CT molecular complexity index is 215. The first-order chi connectivity index (χ1) is 8.29. The summed E-state index contributed by atoms with van der Waals surface area (Å²) in [4.78, 5) is 2.78. The van der Waals surface area contributed by atoms with E-state index in [1.165, 1.54) is 64.6 Å². The molecule has 0 aliphatic carbocycles. The van der Waals surface area contributed by atoms with Crippen molar-refractivity contribution in [3.8, 4) is 0 Å². The maximum Gasteiger partial charge on any atom is 0.0197 e. The molecule has 2 aliphatic heterocycles. The molecule has 0 amide bonds. The van der Waals surface area contributed by atoms with Gasteiger partial charge in [-0.3, -0.25) is 4.90 Å². The minimum atomic E-state index is 0.760. The van der Waals surface area contributed by atoms with E-state index in [1.807, 2.05) is 0 Å². The van der Waals surface area contributed by atoms with Crippen LogP contribution in [0.25, 0.3) is 0 Å². The minimum Gasteiger partial charge on any atom is -0.313 e. The van der Waals surface area contributed by atoms with Gasteiger partial charge in [0.05, 0.1) is 0 Å². The van der Waals surface area contributed by atoms with Crippen LogP contribution in [0.5, 0.6) is 0 Å². The first kappa shape index (κ1) is 13.4. The summed E-state index contributed by atoms with van der Waals surface area (Å²) >= 11 is 0. The second-order valence-electron chi connectivity index (χ2n) is 6.21. The monoisotopic (exact) mass is 238 g/mol. The second kappa shape index (κ2) is 6.75. The molecule has 0 saturated carbocycles. The normalized spacial score (nSPS) is 36.0. The summed E-state index contributed by atoms with van der Waals surface area (Å²) < 4.78 is 0. The predicted octanol–water partition coefficient (Wildman–Crippen LogP) is 3.03. The average molecular weight is 238 g/mol. The van der Waals surface area contributed by atoms with Gasteiger partial charge in [-0.1, -0.05) is 26.7 Å². The third kappa shape index (κ3) is 3.96. The first-order valence-corrected chi connectivity index (χ1v) is 7.77. The fourth-order valence-corrected chi connectivity index (χ4v) is 3.60. The Morgan fingerprint density at radius 2 is 2.12 bits per heavy atom. The highest BCUT2D eigenvalue weighted by Crippen LogP contribution is 2.23. The van der Waals surface area contributed by atoms with Crippen LogP contribution in [0, 0.1) is 5.92 Å². The smallest absolute Gasteiger partial charge is 0.0197 e. The molecule has 2 aliphatic rings. The highest BCUT2D eigenvalue weighted by Gasteiger charge is 2.26. The summed E-state index contributed by atoms with van der Waals surface area (Å²) in [6, 6.07) is 1.64. The third-order valence-corrected chi connectivity index (χ3v) is 4.58. The number of hydrogen-bond acceptors (Lipinski definition) is 2. The molecule has 2 rings (SSSR count). The molecule has 17 heavy (non-hydrogen) atoms. The lowest BCUT2D eigenvalue weighted by atomic mass is 9.92. The van der Waals surface area contributed by atoms with E-state index in [-0.39, 0.29) is 0 Å². The first-order valence-electron chi connectivity index (χ1n) is 7.77. The zero-order valence-corrected chi connectivity index (χ0v) is 11.8. The molecular weight excluding hydrogens is 208 g/mol. The van der Waals surface area contributed by atoms with Crippen LogP contribution in [-0.2, 0) is 0 Å². The highest BCUT2D eigenvalue weighted by atomic mass is 15.2. The molecule has 2 fully saturated rings. The van der Waals surface area contributed by atoms with Gasteiger partial charge >= 0.3 is 0 Å². The Balaban J connectivity index is 1.82. The quantitative estimate of drug-likeness (QED) is 0.810. The average Bonchev–Trinajstić information content (AvgIpc) is 2.32. The van der Waals surface area contributed by atoms with Crippen LogP contribution in [-0.4, -0.2) is 36.6 Å². The van der Waals surface area contributed by atoms with Gasteiger partial charge in [0, 0.05) is 18.6 Å². The largest absolute Gasteiger partial charge is 0.313 e. The number of hydrogen-bond donors (Lipinski definition) is 1. The van der Waals surface area contributed by atoms with Gasteiger partial charge in [0.25, 0.3) is 0 Å². The van der Waals surface area contributed by atoms with Crippen LogP contribution in [0.2, 0.25) is 0 Å². The summed E-state index contributed by atoms with van der Waals surface area (Å²) in [5.41, 5.74) is 0. The summed E-state index contributed by atoms with van der Waals surface area (Å²) in [6.45, 7) is 8.62. The van der Waals surface area contributed by atoms with E-state index >= 15 is 0 Å². The molecule has 0 spiro atoms. The molecule has 2 saturated heterocycles. The van der Waals surface area contributed by atoms with Gasteiger partial charge in [-0.2, -0.15) is 0 Å². The molecule has 0 radical (unpaired) electrons. The van der Waals surface area contributed by atoms with E-state index in [2.05, 4.69) is 24.1 Å². The fourth-order valence-electron chi connectivity index (χ4n) is 3.60. The van der Waals surface area contributed by atoms with Gasteiger partial charge in [-0.15, -0.1) is 0 Å². The number of likely N-dealkylation sites (tertiary alicyclic amines) is 1. The van der Waals surface area contributed by atoms with Crippen LogP contribution < -0.4 is 5.32 Å². The highest BCUT2D eigenvalue weighted by molar-refractivity contribution is 4.84. The van der Waals surface area contributed by atoms with Crippen LogP contribution in [0.15, 0.2) is 0 Å². The molecule has 0 aromatic rings. The second-order valence-corrected chi connectivity index (χ2v) is 6.21. The van der Waals surface area contributed by atoms with Gasteiger partial charge in [0.2, 0.25) is 0 Å². The van der Waals surface area contributed by atoms with Crippen LogP contribution in [0.3, 0.4) is 0 Å². The molecule has 2 nitrogen and oxygen atoms in total. The molecule has 3 atom stereocenters. The lowest BCUT2D eigenvalue weighted by Crippen LogP contribution is -2.50. The summed E-state index contributed by atoms with van der Waals surface area (Å²) in [5.74, 6) is 0.927. The topological polar surface area (TPSA) is 15.3 Å². The Hall–Kier alpha value is -0.0800. The number of rotatable bonds is 4. The Kier molecular flexibility index (Phi) is 5.30. The van der Waals surface area contributed by atoms with Crippen LogP contribution in [0.1, 0.15) is 58.8 Å². The van der Waals surface area contributed by atoms with Gasteiger partial charge in [0.1, 0.15) is 0 Å². The van der Waals surface area contributed by atoms with E-state index in [9.17, 15) is 0 Å². The van der Waals surface area contributed by atoms with Crippen molar-refractivity contribution in [2.75, 3.05) is 19.6 Å². The van der Waals surface area contributed by atoms with E-state index in [0.29, 0.717) is 0 Å². The molecular formula is C15H30N2. The molecule has 100 valence electrons. The predicted molar refractivity (Wildman–Crippen MR) is 74.3 cm³/mol. The van der Waals surface area contributed by atoms with Gasteiger partial charge in [-0.05, 0) is 51.1 Å². The van der Waals surface area contributed by atoms with Crippen molar-refractivity contribution in [3.05, 3.63) is 0 Å². The fraction of sp³-hybridized carbons (Fsp3) is 1.00. The zero-order valence-electron chi connectivity index (χ0n) is 11.8. The summed E-state index contributed by atoms with van der Waals surface area (Å²) in [7, 11) is 0. The Labute approximate surface area is 107 Å². The molecule has 1 N–H and O–H groups in total. The van der Waals surface area contributed by atoms with E-state index < -0.39 is 0 Å². The van der Waals surface area contributed by atoms with Crippen LogP contribution >= 0.6 is 0 Å². The van der Waals surface area contributed by atoms with Crippen molar-refractivity contribution in [3.63, 3.8) is 0 Å². The van der Waals surface area contributed by atoms with E-state index in [0.717, 1.165) is 18.0 Å². The standard InChI is InChI=1S/C15H30N2/c1-3-6-15-7-4-5-10-17(15)12-14-11-13(2)8-9-16-14/h13-16H,3-12H2,1-2H3. The summed E-state index contributed by atoms with van der Waals surface area (Å²) in [5, 5.41) is 3.72. The van der Waals surface area contributed by atoms with Gasteiger partial charge in [-0.25, -0.2) is 0 Å². The molecule has 2 heterocycles. The molecule has 0 bridgehead atoms. The van der Waals surface area contributed by atoms with Crippen molar-refractivity contribution in [2.45, 2.75) is 70.9 Å². The van der Waals surface area contributed by atoms with Gasteiger partial charge < -0.3 is 5.32 Å². The van der Waals surface area contributed by atoms with Gasteiger partial charge in [0.15, 0.2) is 0 Å². The van der Waals surface area contributed by atoms with Crippen molar-refractivity contribution >= 4 is 0 Å². The third-order valence-electron chi connectivity index (χ3n) is 4.58. The zero-order chi connectivity index (χ0) is 12.1. The Morgan fingerprint density at radius 1 is 1.24 bits per heavy atom. The molecule has 0 aromatic heterocycles. The summed E-state index contributed by atoms with van der Waals surface area (Å²) in [6.07, 6.45) is 9.82. The van der Waals surface area contributed by atoms with Crippen molar-refractivity contribution in [1.29, 1.82) is 0 Å². The van der Waals surface area contributed by atoms with Crippen molar-refractivity contribution < 1.29 is 0 Å². The minimum absolute atomic E-state index is 0.760. The van der Waals surface area contributed by atoms with Crippen LogP contribution in [0.4, 0.5) is 0 Å². The number of piperidine rings is 2. The molecule has 2 heteroatoms. The van der Waals surface area contributed by atoms with Crippen molar-refractivity contribution in [2.24, 2.45) is 5.92 Å². The maximum atomic E-state index is 3.72. The van der Waals surface area contributed by atoms with E-state index in [1.54, 1.807) is 0 Å². The molecule has 0 aromatic carbocycles.